The first-order valence-electron chi connectivity index (χ1n) is 4.93. The summed E-state index contributed by atoms with van der Waals surface area (Å²) < 4.78 is 6.86. The molecule has 0 bridgehead atoms. The molecule has 2 aromatic rings. The number of carbonyl (C=O) groups is 1. The fourth-order valence-electron chi connectivity index (χ4n) is 1.40. The number of ketones is 1. The highest BCUT2D eigenvalue weighted by Crippen LogP contribution is 2.09. The average molecular weight is 216 g/mol. The van der Waals surface area contributed by atoms with Crippen LogP contribution in [0, 0.1) is 6.92 Å². The van der Waals surface area contributed by atoms with Crippen molar-refractivity contribution in [2.75, 3.05) is 0 Å². The standard InChI is InChI=1S/C12H12N2O2/c1-9-3-4-10(16-9)5-6-12(15)11-7-8-13-14(11)2/h3-8H,1-2H3/b6-5+. The van der Waals surface area contributed by atoms with E-state index >= 15 is 0 Å². The maximum Gasteiger partial charge on any atom is 0.203 e. The van der Waals surface area contributed by atoms with Gasteiger partial charge in [0.05, 0.1) is 0 Å². The molecule has 2 rings (SSSR count). The minimum Gasteiger partial charge on any atom is -0.462 e. The first-order valence-corrected chi connectivity index (χ1v) is 4.93. The molecular weight excluding hydrogens is 204 g/mol. The van der Waals surface area contributed by atoms with Gasteiger partial charge in [0, 0.05) is 13.2 Å². The number of aromatic nitrogens is 2. The Labute approximate surface area is 93.2 Å². The Kier molecular flexibility index (Phi) is 2.72. The van der Waals surface area contributed by atoms with Crippen molar-refractivity contribution >= 4 is 11.9 Å². The highest BCUT2D eigenvalue weighted by atomic mass is 16.3. The molecule has 4 heteroatoms. The van der Waals surface area contributed by atoms with Crippen LogP contribution in [0.25, 0.3) is 6.08 Å². The lowest BCUT2D eigenvalue weighted by molar-refractivity contribution is 0.103. The largest absolute Gasteiger partial charge is 0.462 e. The third-order valence-corrected chi connectivity index (χ3v) is 2.23. The number of furan rings is 1. The van der Waals surface area contributed by atoms with Crippen LogP contribution in [0.3, 0.4) is 0 Å². The third kappa shape index (κ3) is 2.11. The Bertz CT molecular complexity index is 535. The maximum atomic E-state index is 11.7. The lowest BCUT2D eigenvalue weighted by Crippen LogP contribution is -2.03. The quantitative estimate of drug-likeness (QED) is 0.583. The van der Waals surface area contributed by atoms with Crippen LogP contribution in [0.5, 0.6) is 0 Å². The molecule has 0 saturated carbocycles. The highest BCUT2D eigenvalue weighted by molar-refractivity contribution is 6.05. The molecule has 0 fully saturated rings. The van der Waals surface area contributed by atoms with Gasteiger partial charge in [-0.15, -0.1) is 0 Å². The fourth-order valence-corrected chi connectivity index (χ4v) is 1.40. The minimum atomic E-state index is -0.0888. The lowest BCUT2D eigenvalue weighted by atomic mass is 10.2. The Morgan fingerprint density at radius 3 is 2.81 bits per heavy atom. The number of nitrogens with zero attached hydrogens (tertiary/aromatic N) is 2. The van der Waals surface area contributed by atoms with E-state index < -0.39 is 0 Å². The number of aryl methyl sites for hydroxylation is 2. The molecule has 16 heavy (non-hydrogen) atoms. The van der Waals surface area contributed by atoms with E-state index in [9.17, 15) is 4.79 Å². The molecule has 0 radical (unpaired) electrons. The molecule has 0 atom stereocenters. The van der Waals surface area contributed by atoms with Gasteiger partial charge in [-0.3, -0.25) is 9.48 Å². The molecule has 0 unspecified atom stereocenters. The predicted octanol–water partition coefficient (Wildman–Crippen LogP) is 2.22. The van der Waals surface area contributed by atoms with E-state index in [4.69, 9.17) is 4.42 Å². The van der Waals surface area contributed by atoms with Gasteiger partial charge in [0.25, 0.3) is 0 Å². The summed E-state index contributed by atoms with van der Waals surface area (Å²) >= 11 is 0. The van der Waals surface area contributed by atoms with Crippen LogP contribution >= 0.6 is 0 Å². The van der Waals surface area contributed by atoms with Crippen LogP contribution in [-0.4, -0.2) is 15.6 Å². The summed E-state index contributed by atoms with van der Waals surface area (Å²) in [6.07, 6.45) is 4.73. The number of hydrogen-bond acceptors (Lipinski definition) is 3. The van der Waals surface area contributed by atoms with Gasteiger partial charge in [-0.05, 0) is 37.3 Å². The van der Waals surface area contributed by atoms with Crippen molar-refractivity contribution < 1.29 is 9.21 Å². The summed E-state index contributed by atoms with van der Waals surface area (Å²) in [5, 5.41) is 3.94. The third-order valence-electron chi connectivity index (χ3n) is 2.23. The number of allylic oxidation sites excluding steroid dienone is 1. The maximum absolute atomic E-state index is 11.7. The molecular formula is C12H12N2O2. The van der Waals surface area contributed by atoms with E-state index in [2.05, 4.69) is 5.10 Å². The van der Waals surface area contributed by atoms with Crippen molar-refractivity contribution in [2.45, 2.75) is 6.92 Å². The summed E-state index contributed by atoms with van der Waals surface area (Å²) in [5.41, 5.74) is 0.555. The molecule has 0 N–H and O–H groups in total. The molecule has 82 valence electrons. The van der Waals surface area contributed by atoms with Gasteiger partial charge in [-0.25, -0.2) is 0 Å². The molecule has 0 spiro atoms. The predicted molar refractivity (Wildman–Crippen MR) is 60.0 cm³/mol. The molecule has 2 aromatic heterocycles. The Balaban J connectivity index is 2.14. The first kappa shape index (κ1) is 10.4. The van der Waals surface area contributed by atoms with Crippen LogP contribution in [-0.2, 0) is 7.05 Å². The number of carbonyl (C=O) groups excluding carboxylic acids is 1. The Morgan fingerprint density at radius 1 is 1.44 bits per heavy atom. The SMILES string of the molecule is Cc1ccc(/C=C/C(=O)c2ccnn2C)o1. The second-order valence-electron chi connectivity index (χ2n) is 3.49. The van der Waals surface area contributed by atoms with Gasteiger partial charge in [0.1, 0.15) is 17.2 Å². The number of hydrogen-bond donors (Lipinski definition) is 0. The van der Waals surface area contributed by atoms with Crippen LogP contribution in [0.4, 0.5) is 0 Å². The molecule has 0 aliphatic rings. The summed E-state index contributed by atoms with van der Waals surface area (Å²) in [6, 6.07) is 5.36. The second kappa shape index (κ2) is 4.18. The molecule has 0 aliphatic carbocycles. The van der Waals surface area contributed by atoms with Gasteiger partial charge in [-0.1, -0.05) is 0 Å². The van der Waals surface area contributed by atoms with Crippen molar-refractivity contribution in [1.82, 2.24) is 9.78 Å². The molecule has 0 amide bonds. The number of rotatable bonds is 3. The van der Waals surface area contributed by atoms with E-state index in [1.807, 2.05) is 19.1 Å². The molecule has 2 heterocycles. The monoisotopic (exact) mass is 216 g/mol. The van der Waals surface area contributed by atoms with Gasteiger partial charge >= 0.3 is 0 Å². The van der Waals surface area contributed by atoms with E-state index in [1.165, 1.54) is 6.08 Å². The summed E-state index contributed by atoms with van der Waals surface area (Å²) in [4.78, 5) is 11.7. The summed E-state index contributed by atoms with van der Waals surface area (Å²) in [7, 11) is 1.73. The minimum absolute atomic E-state index is 0.0888. The van der Waals surface area contributed by atoms with Crippen molar-refractivity contribution in [1.29, 1.82) is 0 Å². The van der Waals surface area contributed by atoms with Crippen molar-refractivity contribution in [2.24, 2.45) is 7.05 Å². The zero-order chi connectivity index (χ0) is 11.5. The average Bonchev–Trinajstić information content (AvgIpc) is 2.84. The zero-order valence-corrected chi connectivity index (χ0v) is 9.18. The Morgan fingerprint density at radius 2 is 2.25 bits per heavy atom. The van der Waals surface area contributed by atoms with Gasteiger partial charge < -0.3 is 4.42 Å². The van der Waals surface area contributed by atoms with Crippen molar-refractivity contribution in [3.63, 3.8) is 0 Å². The molecule has 0 aliphatic heterocycles. The van der Waals surface area contributed by atoms with Gasteiger partial charge in [-0.2, -0.15) is 5.10 Å². The van der Waals surface area contributed by atoms with E-state index in [1.54, 1.807) is 30.1 Å². The van der Waals surface area contributed by atoms with Crippen LogP contribution in [0.15, 0.2) is 34.9 Å². The second-order valence-corrected chi connectivity index (χ2v) is 3.49. The summed E-state index contributed by atoms with van der Waals surface area (Å²) in [6.45, 7) is 1.86. The van der Waals surface area contributed by atoms with Gasteiger partial charge in [0.15, 0.2) is 0 Å². The Hall–Kier alpha value is -2.10. The molecule has 0 aromatic carbocycles. The van der Waals surface area contributed by atoms with Crippen LogP contribution in [0.2, 0.25) is 0 Å². The summed E-state index contributed by atoms with van der Waals surface area (Å²) in [5.74, 6) is 1.41. The topological polar surface area (TPSA) is 48.0 Å². The zero-order valence-electron chi connectivity index (χ0n) is 9.18. The molecule has 0 saturated heterocycles. The lowest BCUT2D eigenvalue weighted by Gasteiger charge is -1.94. The van der Waals surface area contributed by atoms with E-state index in [0.717, 1.165) is 5.76 Å². The van der Waals surface area contributed by atoms with E-state index in [-0.39, 0.29) is 5.78 Å². The van der Waals surface area contributed by atoms with Crippen molar-refractivity contribution in [3.05, 3.63) is 47.7 Å². The van der Waals surface area contributed by atoms with Crippen molar-refractivity contribution in [3.8, 4) is 0 Å². The fraction of sp³-hybridized carbons (Fsp3) is 0.167. The molecule has 4 nitrogen and oxygen atoms in total. The smallest absolute Gasteiger partial charge is 0.203 e. The van der Waals surface area contributed by atoms with Crippen LogP contribution < -0.4 is 0 Å². The van der Waals surface area contributed by atoms with E-state index in [0.29, 0.717) is 11.5 Å². The normalized spacial score (nSPS) is 11.1. The first-order chi connectivity index (χ1) is 7.66. The van der Waals surface area contributed by atoms with Crippen LogP contribution in [0.1, 0.15) is 22.0 Å². The van der Waals surface area contributed by atoms with Gasteiger partial charge in [0.2, 0.25) is 5.78 Å². The highest BCUT2D eigenvalue weighted by Gasteiger charge is 2.05.